The maximum Gasteiger partial charge on any atom is 0.267 e. The number of fused-ring (bicyclic) bond motifs is 2. The molecule has 1 saturated carbocycles. The van der Waals surface area contributed by atoms with Gasteiger partial charge in [0.1, 0.15) is 5.56 Å². The molecule has 1 aromatic carbocycles. The van der Waals surface area contributed by atoms with Crippen LogP contribution in [-0.2, 0) is 6.54 Å². The van der Waals surface area contributed by atoms with Gasteiger partial charge in [0.25, 0.3) is 17.3 Å². The first kappa shape index (κ1) is 15.7. The normalized spacial score (nSPS) is 18.9. The van der Waals surface area contributed by atoms with Crippen LogP contribution in [0, 0.1) is 0 Å². The van der Waals surface area contributed by atoms with Gasteiger partial charge in [-0.3, -0.25) is 14.2 Å². The molecule has 1 aliphatic carbocycles. The zero-order chi connectivity index (χ0) is 17.7. The Bertz CT molecular complexity index is 965. The topological polar surface area (TPSA) is 82.4 Å². The van der Waals surface area contributed by atoms with Crippen molar-refractivity contribution in [3.63, 3.8) is 0 Å². The minimum Gasteiger partial charge on any atom is -0.448 e. The van der Waals surface area contributed by atoms with E-state index in [-0.39, 0.29) is 11.1 Å². The van der Waals surface area contributed by atoms with Crippen LogP contribution in [0.15, 0.2) is 34.3 Å². The molecule has 2 aromatic rings. The summed E-state index contributed by atoms with van der Waals surface area (Å²) in [5.74, 6) is 1.12. The Kier molecular flexibility index (Phi) is 3.49. The Morgan fingerprint density at radius 3 is 2.88 bits per heavy atom. The first-order valence-electron chi connectivity index (χ1n) is 8.70. The molecule has 26 heavy (non-hydrogen) atoms. The van der Waals surface area contributed by atoms with Crippen LogP contribution < -0.4 is 20.3 Å². The van der Waals surface area contributed by atoms with Crippen LogP contribution in [0.25, 0.3) is 0 Å². The maximum absolute atomic E-state index is 12.5. The van der Waals surface area contributed by atoms with Crippen molar-refractivity contribution in [1.82, 2.24) is 9.55 Å². The molecule has 2 aliphatic heterocycles. The fourth-order valence-electron chi connectivity index (χ4n) is 3.66. The highest BCUT2D eigenvalue weighted by Gasteiger charge is 2.44. The van der Waals surface area contributed by atoms with Crippen molar-refractivity contribution < 1.29 is 14.3 Å². The summed E-state index contributed by atoms with van der Waals surface area (Å²) in [6, 6.07) is 5.29. The molecule has 1 aromatic heterocycles. The summed E-state index contributed by atoms with van der Waals surface area (Å²) < 4.78 is 13.5. The number of aromatic nitrogens is 2. The van der Waals surface area contributed by atoms with E-state index in [0.717, 1.165) is 31.4 Å². The highest BCUT2D eigenvalue weighted by atomic mass is 32.2. The monoisotopic (exact) mass is 371 g/mol. The Balaban J connectivity index is 1.38. The quantitative estimate of drug-likeness (QED) is 0.818. The molecule has 1 amide bonds. The number of hydrogen-bond donors (Lipinski definition) is 1. The van der Waals surface area contributed by atoms with E-state index in [2.05, 4.69) is 10.3 Å². The fraction of sp³-hybridized carbons (Fsp3) is 0.389. The van der Waals surface area contributed by atoms with Crippen molar-refractivity contribution in [2.45, 2.75) is 43.2 Å². The average molecular weight is 371 g/mol. The molecule has 0 bridgehead atoms. The Labute approximate surface area is 153 Å². The van der Waals surface area contributed by atoms with Crippen molar-refractivity contribution in [2.75, 3.05) is 11.1 Å². The molecule has 3 heterocycles. The molecule has 0 atom stereocenters. The van der Waals surface area contributed by atoms with Crippen LogP contribution in [0.3, 0.4) is 0 Å². The van der Waals surface area contributed by atoms with Crippen LogP contribution in [0.5, 0.6) is 11.5 Å². The third kappa shape index (κ3) is 2.47. The molecule has 1 fully saturated rings. The lowest BCUT2D eigenvalue weighted by atomic mass is 10.2. The summed E-state index contributed by atoms with van der Waals surface area (Å²) in [4.78, 5) is 29.2. The summed E-state index contributed by atoms with van der Waals surface area (Å²) >= 11 is 1.52. The van der Waals surface area contributed by atoms with E-state index in [9.17, 15) is 9.59 Å². The Morgan fingerprint density at radius 2 is 2.04 bits per heavy atom. The summed E-state index contributed by atoms with van der Waals surface area (Å²) in [6.45, 7) is 0.582. The minimum absolute atomic E-state index is 0.0428. The standard InChI is InChI=1S/C18H17N3O4S/c22-15(12-10-19-17-21(16(12)23)7-8-26-17)20-11-3-4-13-14(9-11)25-18(24-13)5-1-2-6-18/h3-4,9-10H,1-2,5-8H2,(H,20,22). The fourth-order valence-corrected chi connectivity index (χ4v) is 4.57. The van der Waals surface area contributed by atoms with Crippen LogP contribution in [0.1, 0.15) is 36.0 Å². The first-order chi connectivity index (χ1) is 12.6. The number of nitrogens with one attached hydrogen (secondary N) is 1. The number of nitrogens with zero attached hydrogens (tertiary/aromatic N) is 2. The van der Waals surface area contributed by atoms with Gasteiger partial charge < -0.3 is 14.8 Å². The molecule has 3 aliphatic rings. The molecule has 8 heteroatoms. The van der Waals surface area contributed by atoms with Crippen LogP contribution in [0.4, 0.5) is 5.69 Å². The zero-order valence-electron chi connectivity index (χ0n) is 14.0. The number of hydrogen-bond acceptors (Lipinski definition) is 6. The second kappa shape index (κ2) is 5.77. The van der Waals surface area contributed by atoms with E-state index in [1.54, 1.807) is 22.8 Å². The molecule has 1 spiro atoms. The van der Waals surface area contributed by atoms with Gasteiger partial charge in [-0.25, -0.2) is 4.98 Å². The number of thioether (sulfide) groups is 1. The second-order valence-corrected chi connectivity index (χ2v) is 7.76. The SMILES string of the molecule is O=C(Nc1ccc2c(c1)OC1(CCCC1)O2)c1cnc2n(c1=O)CCS2. The van der Waals surface area contributed by atoms with E-state index in [4.69, 9.17) is 9.47 Å². The average Bonchev–Trinajstić information content (AvgIpc) is 3.35. The number of carbonyl (C=O) groups excluding carboxylic acids is 1. The van der Waals surface area contributed by atoms with Gasteiger partial charge in [-0.1, -0.05) is 11.8 Å². The molecule has 134 valence electrons. The highest BCUT2D eigenvalue weighted by Crippen LogP contribution is 2.47. The number of carbonyl (C=O) groups is 1. The highest BCUT2D eigenvalue weighted by molar-refractivity contribution is 7.99. The molecule has 0 unspecified atom stereocenters. The molecule has 5 rings (SSSR count). The van der Waals surface area contributed by atoms with Gasteiger partial charge in [0.2, 0.25) is 0 Å². The summed E-state index contributed by atoms with van der Waals surface area (Å²) in [7, 11) is 0. The van der Waals surface area contributed by atoms with E-state index in [0.29, 0.717) is 28.9 Å². The lowest BCUT2D eigenvalue weighted by Gasteiger charge is -2.21. The van der Waals surface area contributed by atoms with Crippen molar-refractivity contribution in [2.24, 2.45) is 0 Å². The molecular weight excluding hydrogens is 354 g/mol. The minimum atomic E-state index is -0.536. The van der Waals surface area contributed by atoms with Crippen molar-refractivity contribution in [3.8, 4) is 11.5 Å². The largest absolute Gasteiger partial charge is 0.448 e. The Hall–Kier alpha value is -2.48. The van der Waals surface area contributed by atoms with Gasteiger partial charge >= 0.3 is 0 Å². The van der Waals surface area contributed by atoms with Gasteiger partial charge in [-0.05, 0) is 25.0 Å². The third-order valence-electron chi connectivity index (χ3n) is 4.96. The van der Waals surface area contributed by atoms with E-state index < -0.39 is 11.7 Å². The number of anilines is 1. The lowest BCUT2D eigenvalue weighted by molar-refractivity contribution is -0.0716. The van der Waals surface area contributed by atoms with E-state index >= 15 is 0 Å². The molecule has 0 radical (unpaired) electrons. The van der Waals surface area contributed by atoms with Crippen LogP contribution in [-0.4, -0.2) is 27.0 Å². The Morgan fingerprint density at radius 1 is 1.23 bits per heavy atom. The molecule has 0 saturated heterocycles. The van der Waals surface area contributed by atoms with Crippen molar-refractivity contribution >= 4 is 23.4 Å². The van der Waals surface area contributed by atoms with E-state index in [1.807, 2.05) is 0 Å². The predicted molar refractivity (Wildman–Crippen MR) is 96.1 cm³/mol. The predicted octanol–water partition coefficient (Wildman–Crippen LogP) is 2.64. The van der Waals surface area contributed by atoms with Gasteiger partial charge in [0, 0.05) is 43.1 Å². The summed E-state index contributed by atoms with van der Waals surface area (Å²) in [5.41, 5.74) is 0.302. The maximum atomic E-state index is 12.5. The first-order valence-corrected chi connectivity index (χ1v) is 9.68. The van der Waals surface area contributed by atoms with Crippen LogP contribution in [0.2, 0.25) is 0 Å². The lowest BCUT2D eigenvalue weighted by Crippen LogP contribution is -2.34. The number of amides is 1. The summed E-state index contributed by atoms with van der Waals surface area (Å²) in [6.07, 6.45) is 5.27. The zero-order valence-corrected chi connectivity index (χ0v) is 14.8. The smallest absolute Gasteiger partial charge is 0.267 e. The number of rotatable bonds is 2. The van der Waals surface area contributed by atoms with Crippen molar-refractivity contribution in [1.29, 1.82) is 0 Å². The molecular formula is C18H17N3O4S. The summed E-state index contributed by atoms with van der Waals surface area (Å²) in [5, 5.41) is 3.43. The van der Waals surface area contributed by atoms with Gasteiger partial charge in [0.05, 0.1) is 0 Å². The van der Waals surface area contributed by atoms with Crippen molar-refractivity contribution in [3.05, 3.63) is 40.3 Å². The second-order valence-electron chi connectivity index (χ2n) is 6.70. The number of benzene rings is 1. The van der Waals surface area contributed by atoms with Gasteiger partial charge in [-0.15, -0.1) is 0 Å². The van der Waals surface area contributed by atoms with Gasteiger partial charge in [-0.2, -0.15) is 0 Å². The third-order valence-corrected chi connectivity index (χ3v) is 5.93. The van der Waals surface area contributed by atoms with Gasteiger partial charge in [0.15, 0.2) is 16.7 Å². The number of ether oxygens (including phenoxy) is 2. The molecule has 1 N–H and O–H groups in total. The van der Waals surface area contributed by atoms with Crippen LogP contribution >= 0.6 is 11.8 Å². The molecule has 7 nitrogen and oxygen atoms in total. The van der Waals surface area contributed by atoms with E-state index in [1.165, 1.54) is 18.0 Å².